The number of ether oxygens (including phenoxy) is 1. The minimum absolute atomic E-state index is 0.335. The van der Waals surface area contributed by atoms with Crippen LogP contribution < -0.4 is 10.5 Å². The van der Waals surface area contributed by atoms with Crippen LogP contribution in [0.3, 0.4) is 0 Å². The lowest BCUT2D eigenvalue weighted by Crippen LogP contribution is -2.06. The van der Waals surface area contributed by atoms with E-state index in [-0.39, 0.29) is 0 Å². The number of aryl methyl sites for hydroxylation is 3. The molecule has 0 atom stereocenters. The minimum Gasteiger partial charge on any atom is -0.496 e. The number of benzene rings is 1. The zero-order chi connectivity index (χ0) is 14.0. The second kappa shape index (κ2) is 5.36. The largest absolute Gasteiger partial charge is 0.496 e. The number of nitrogens with two attached hydrogens (primary N) is 1. The van der Waals surface area contributed by atoms with E-state index >= 15 is 0 Å². The predicted molar refractivity (Wildman–Crippen MR) is 76.1 cm³/mol. The van der Waals surface area contributed by atoms with Gasteiger partial charge in [0.25, 0.3) is 0 Å². The first kappa shape index (κ1) is 13.5. The van der Waals surface area contributed by atoms with Crippen molar-refractivity contribution in [2.75, 3.05) is 7.11 Å². The van der Waals surface area contributed by atoms with Gasteiger partial charge in [-0.15, -0.1) is 0 Å². The van der Waals surface area contributed by atoms with Gasteiger partial charge in [-0.2, -0.15) is 0 Å². The van der Waals surface area contributed by atoms with E-state index in [1.807, 2.05) is 19.1 Å². The average molecular weight is 257 g/mol. The van der Waals surface area contributed by atoms with Gasteiger partial charge >= 0.3 is 0 Å². The van der Waals surface area contributed by atoms with E-state index in [9.17, 15) is 0 Å². The van der Waals surface area contributed by atoms with Crippen LogP contribution in [0.4, 0.5) is 0 Å². The Labute approximate surface area is 113 Å². The SMILES string of the molecule is COc1cc(C)cc(C)c1-c1cc(C)nc(CN)n1. The Morgan fingerprint density at radius 3 is 2.47 bits per heavy atom. The molecule has 0 unspecified atom stereocenters. The lowest BCUT2D eigenvalue weighted by atomic mass is 10.0. The van der Waals surface area contributed by atoms with Gasteiger partial charge in [0.1, 0.15) is 11.6 Å². The number of aromatic nitrogens is 2. The molecule has 2 rings (SSSR count). The molecule has 4 heteroatoms. The van der Waals surface area contributed by atoms with Crippen molar-refractivity contribution < 1.29 is 4.74 Å². The van der Waals surface area contributed by atoms with E-state index in [0.29, 0.717) is 12.4 Å². The summed E-state index contributed by atoms with van der Waals surface area (Å²) in [6.07, 6.45) is 0. The summed E-state index contributed by atoms with van der Waals surface area (Å²) in [4.78, 5) is 8.81. The van der Waals surface area contributed by atoms with Gasteiger partial charge in [-0.25, -0.2) is 9.97 Å². The number of hydrogen-bond donors (Lipinski definition) is 1. The van der Waals surface area contributed by atoms with Crippen LogP contribution in [0, 0.1) is 20.8 Å². The fourth-order valence-electron chi connectivity index (χ4n) is 2.27. The molecule has 2 aromatic rings. The first-order chi connectivity index (χ1) is 9.05. The third-order valence-corrected chi connectivity index (χ3v) is 3.00. The highest BCUT2D eigenvalue weighted by molar-refractivity contribution is 5.71. The maximum atomic E-state index is 5.64. The van der Waals surface area contributed by atoms with Gasteiger partial charge in [0, 0.05) is 11.3 Å². The predicted octanol–water partition coefficient (Wildman–Crippen LogP) is 2.54. The third-order valence-electron chi connectivity index (χ3n) is 3.00. The Balaban J connectivity index is 2.67. The van der Waals surface area contributed by atoms with E-state index in [1.165, 1.54) is 5.56 Å². The van der Waals surface area contributed by atoms with E-state index < -0.39 is 0 Å². The molecular weight excluding hydrogens is 238 g/mol. The smallest absolute Gasteiger partial charge is 0.142 e. The molecule has 0 saturated carbocycles. The van der Waals surface area contributed by atoms with Crippen molar-refractivity contribution in [1.82, 2.24) is 9.97 Å². The number of methoxy groups -OCH3 is 1. The van der Waals surface area contributed by atoms with Crippen molar-refractivity contribution in [1.29, 1.82) is 0 Å². The van der Waals surface area contributed by atoms with Gasteiger partial charge in [0.15, 0.2) is 0 Å². The topological polar surface area (TPSA) is 61.0 Å². The number of nitrogens with zero attached hydrogens (tertiary/aromatic N) is 2. The average Bonchev–Trinajstić information content (AvgIpc) is 2.36. The first-order valence-electron chi connectivity index (χ1n) is 6.25. The molecule has 0 bridgehead atoms. The van der Waals surface area contributed by atoms with Crippen LogP contribution in [-0.4, -0.2) is 17.1 Å². The molecule has 1 heterocycles. The molecular formula is C15H19N3O. The van der Waals surface area contributed by atoms with E-state index in [2.05, 4.69) is 29.9 Å². The Bertz CT molecular complexity index is 609. The van der Waals surface area contributed by atoms with Gasteiger partial charge < -0.3 is 10.5 Å². The van der Waals surface area contributed by atoms with Crippen LogP contribution >= 0.6 is 0 Å². The fraction of sp³-hybridized carbons (Fsp3) is 0.333. The number of rotatable bonds is 3. The summed E-state index contributed by atoms with van der Waals surface area (Å²) in [7, 11) is 1.68. The molecule has 0 fully saturated rings. The Morgan fingerprint density at radius 1 is 1.11 bits per heavy atom. The van der Waals surface area contributed by atoms with Crippen LogP contribution in [0.25, 0.3) is 11.3 Å². The molecule has 100 valence electrons. The van der Waals surface area contributed by atoms with Gasteiger partial charge in [-0.05, 0) is 44.0 Å². The zero-order valence-corrected chi connectivity index (χ0v) is 11.8. The molecule has 0 spiro atoms. The highest BCUT2D eigenvalue weighted by Gasteiger charge is 2.13. The first-order valence-corrected chi connectivity index (χ1v) is 6.25. The van der Waals surface area contributed by atoms with Crippen molar-refractivity contribution in [3.63, 3.8) is 0 Å². The highest BCUT2D eigenvalue weighted by atomic mass is 16.5. The van der Waals surface area contributed by atoms with Crippen molar-refractivity contribution in [3.05, 3.63) is 40.8 Å². The van der Waals surface area contributed by atoms with E-state index in [0.717, 1.165) is 28.3 Å². The fourth-order valence-corrected chi connectivity index (χ4v) is 2.27. The Hall–Kier alpha value is -1.94. The lowest BCUT2D eigenvalue weighted by Gasteiger charge is -2.13. The van der Waals surface area contributed by atoms with Crippen LogP contribution in [0.1, 0.15) is 22.6 Å². The van der Waals surface area contributed by atoms with Crippen molar-refractivity contribution in [2.45, 2.75) is 27.3 Å². The van der Waals surface area contributed by atoms with Gasteiger partial charge in [0.2, 0.25) is 0 Å². The van der Waals surface area contributed by atoms with Gasteiger partial charge in [0.05, 0.1) is 19.3 Å². The van der Waals surface area contributed by atoms with Crippen LogP contribution in [0.2, 0.25) is 0 Å². The third kappa shape index (κ3) is 2.74. The summed E-state index contributed by atoms with van der Waals surface area (Å²) in [5.41, 5.74) is 10.7. The lowest BCUT2D eigenvalue weighted by molar-refractivity contribution is 0.415. The molecule has 0 aliphatic rings. The Morgan fingerprint density at radius 2 is 1.84 bits per heavy atom. The Kier molecular flexibility index (Phi) is 3.81. The normalized spacial score (nSPS) is 10.6. The van der Waals surface area contributed by atoms with E-state index in [4.69, 9.17) is 10.5 Å². The summed E-state index contributed by atoms with van der Waals surface area (Å²) >= 11 is 0. The molecule has 1 aromatic carbocycles. The molecule has 0 radical (unpaired) electrons. The van der Waals surface area contributed by atoms with Crippen molar-refractivity contribution in [2.24, 2.45) is 5.73 Å². The standard InChI is InChI=1S/C15H19N3O/c1-9-5-10(2)15(13(6-9)19-4)12-7-11(3)17-14(8-16)18-12/h5-7H,8,16H2,1-4H3. The molecule has 4 nitrogen and oxygen atoms in total. The summed E-state index contributed by atoms with van der Waals surface area (Å²) in [6, 6.07) is 6.10. The van der Waals surface area contributed by atoms with Gasteiger partial charge in [-0.1, -0.05) is 6.07 Å². The minimum atomic E-state index is 0.335. The molecule has 0 aliphatic carbocycles. The maximum Gasteiger partial charge on any atom is 0.142 e. The molecule has 19 heavy (non-hydrogen) atoms. The van der Waals surface area contributed by atoms with Crippen LogP contribution in [-0.2, 0) is 6.54 Å². The zero-order valence-electron chi connectivity index (χ0n) is 11.8. The number of hydrogen-bond acceptors (Lipinski definition) is 4. The monoisotopic (exact) mass is 257 g/mol. The molecule has 0 aliphatic heterocycles. The summed E-state index contributed by atoms with van der Waals surface area (Å²) in [5, 5.41) is 0. The molecule has 0 amide bonds. The molecule has 1 aromatic heterocycles. The summed E-state index contributed by atoms with van der Waals surface area (Å²) in [5.74, 6) is 1.48. The molecule has 0 saturated heterocycles. The maximum absolute atomic E-state index is 5.64. The second-order valence-corrected chi connectivity index (χ2v) is 4.67. The summed E-state index contributed by atoms with van der Waals surface area (Å²) in [6.45, 7) is 6.39. The van der Waals surface area contributed by atoms with E-state index in [1.54, 1.807) is 7.11 Å². The van der Waals surface area contributed by atoms with Crippen LogP contribution in [0.5, 0.6) is 5.75 Å². The summed E-state index contributed by atoms with van der Waals surface area (Å²) < 4.78 is 5.48. The van der Waals surface area contributed by atoms with Crippen molar-refractivity contribution >= 4 is 0 Å². The molecule has 2 N–H and O–H groups in total. The van der Waals surface area contributed by atoms with Gasteiger partial charge in [-0.3, -0.25) is 0 Å². The van der Waals surface area contributed by atoms with Crippen molar-refractivity contribution in [3.8, 4) is 17.0 Å². The quantitative estimate of drug-likeness (QED) is 0.918. The highest BCUT2D eigenvalue weighted by Crippen LogP contribution is 2.33. The van der Waals surface area contributed by atoms with Crippen LogP contribution in [0.15, 0.2) is 18.2 Å². The second-order valence-electron chi connectivity index (χ2n) is 4.67.